The van der Waals surface area contributed by atoms with Gasteiger partial charge >= 0.3 is 0 Å². The summed E-state index contributed by atoms with van der Waals surface area (Å²) in [5, 5.41) is 22.6. The number of carbonyl (C=O) groups excluding carboxylic acids is 2. The van der Waals surface area contributed by atoms with Crippen molar-refractivity contribution in [2.24, 2.45) is 22.7 Å². The third-order valence-electron chi connectivity index (χ3n) is 8.56. The highest BCUT2D eigenvalue weighted by Crippen LogP contribution is 2.70. The number of rotatable bonds is 2. The third-order valence-corrected chi connectivity index (χ3v) is 8.56. The lowest BCUT2D eigenvalue weighted by molar-refractivity contribution is -0.214. The lowest BCUT2D eigenvalue weighted by Crippen LogP contribution is -2.69. The van der Waals surface area contributed by atoms with Crippen LogP contribution in [0.4, 0.5) is 4.39 Å². The van der Waals surface area contributed by atoms with E-state index in [0.717, 1.165) is 5.57 Å². The van der Waals surface area contributed by atoms with E-state index in [2.05, 4.69) is 6.58 Å². The van der Waals surface area contributed by atoms with Gasteiger partial charge in [0, 0.05) is 23.2 Å². The molecule has 0 aromatic heterocycles. The van der Waals surface area contributed by atoms with E-state index in [1.165, 1.54) is 12.2 Å². The van der Waals surface area contributed by atoms with Crippen LogP contribution in [0.5, 0.6) is 0 Å². The summed E-state index contributed by atoms with van der Waals surface area (Å²) in [6.07, 6.45) is 4.70. The molecule has 5 heteroatoms. The van der Waals surface area contributed by atoms with Crippen LogP contribution in [0.3, 0.4) is 0 Å². The molecule has 4 aliphatic carbocycles. The van der Waals surface area contributed by atoms with Crippen molar-refractivity contribution < 1.29 is 24.2 Å². The molecule has 3 saturated carbocycles. The molecule has 0 amide bonds. The Hall–Kier alpha value is -1.59. The lowest BCUT2D eigenvalue weighted by Gasteiger charge is -2.62. The SMILES string of the molecule is C=C1C[C@H]2[C@@H]3CCC4=CC(=O)C=C[C@]4(C)[C@@]3(F)[C@@H](O)C[C@]2(C)[C@@]1(O)C(=O)CC. The Kier molecular flexibility index (Phi) is 4.03. The summed E-state index contributed by atoms with van der Waals surface area (Å²) in [4.78, 5) is 24.6. The number of hydrogen-bond donors (Lipinski definition) is 2. The maximum absolute atomic E-state index is 16.9. The van der Waals surface area contributed by atoms with Gasteiger partial charge in [0.2, 0.25) is 0 Å². The monoisotopic (exact) mass is 388 g/mol. The molecule has 0 aromatic rings. The van der Waals surface area contributed by atoms with Crippen LogP contribution in [0.15, 0.2) is 36.0 Å². The average Bonchev–Trinajstić information content (AvgIpc) is 2.84. The minimum atomic E-state index is -1.96. The second kappa shape index (κ2) is 5.73. The Morgan fingerprint density at radius 1 is 1.36 bits per heavy atom. The van der Waals surface area contributed by atoms with Crippen LogP contribution in [0, 0.1) is 22.7 Å². The van der Waals surface area contributed by atoms with Crippen LogP contribution in [-0.2, 0) is 9.59 Å². The second-order valence-electron chi connectivity index (χ2n) is 9.56. The average molecular weight is 388 g/mol. The third kappa shape index (κ3) is 1.97. The molecule has 0 spiro atoms. The summed E-state index contributed by atoms with van der Waals surface area (Å²) < 4.78 is 16.9. The molecule has 0 heterocycles. The van der Waals surface area contributed by atoms with Crippen molar-refractivity contribution >= 4 is 11.6 Å². The minimum Gasteiger partial charge on any atom is -0.390 e. The molecule has 0 radical (unpaired) electrons. The molecule has 3 fully saturated rings. The topological polar surface area (TPSA) is 74.6 Å². The van der Waals surface area contributed by atoms with Crippen LogP contribution in [0.25, 0.3) is 0 Å². The number of Topliss-reactive ketones (excluding diaryl/α,β-unsaturated/α-hetero) is 1. The van der Waals surface area contributed by atoms with E-state index in [1.54, 1.807) is 26.8 Å². The van der Waals surface area contributed by atoms with E-state index in [-0.39, 0.29) is 30.3 Å². The Morgan fingerprint density at radius 2 is 2.04 bits per heavy atom. The molecule has 7 atom stereocenters. The van der Waals surface area contributed by atoms with Crippen molar-refractivity contribution in [2.45, 2.75) is 70.2 Å². The van der Waals surface area contributed by atoms with Crippen LogP contribution < -0.4 is 0 Å². The minimum absolute atomic E-state index is 0.0173. The van der Waals surface area contributed by atoms with Gasteiger partial charge in [-0.15, -0.1) is 0 Å². The molecule has 2 N–H and O–H groups in total. The summed E-state index contributed by atoms with van der Waals surface area (Å²) in [5.74, 6) is -1.29. The number of hydrogen-bond acceptors (Lipinski definition) is 4. The zero-order valence-corrected chi connectivity index (χ0v) is 16.8. The van der Waals surface area contributed by atoms with E-state index in [4.69, 9.17) is 0 Å². The first kappa shape index (κ1) is 19.7. The van der Waals surface area contributed by atoms with Crippen molar-refractivity contribution in [3.8, 4) is 0 Å². The van der Waals surface area contributed by atoms with Crippen LogP contribution in [-0.4, -0.2) is 39.2 Å². The van der Waals surface area contributed by atoms with Crippen molar-refractivity contribution in [3.63, 3.8) is 0 Å². The van der Waals surface area contributed by atoms with E-state index in [0.29, 0.717) is 24.8 Å². The smallest absolute Gasteiger partial charge is 0.178 e. The van der Waals surface area contributed by atoms with Crippen molar-refractivity contribution in [1.82, 2.24) is 0 Å². The van der Waals surface area contributed by atoms with E-state index in [9.17, 15) is 19.8 Å². The molecule has 4 nitrogen and oxygen atoms in total. The molecule has 152 valence electrons. The van der Waals surface area contributed by atoms with Gasteiger partial charge in [0.05, 0.1) is 6.10 Å². The Bertz CT molecular complexity index is 844. The Balaban J connectivity index is 1.85. The summed E-state index contributed by atoms with van der Waals surface area (Å²) in [6, 6.07) is 0. The zero-order valence-electron chi connectivity index (χ0n) is 16.8. The molecule has 0 aromatic carbocycles. The van der Waals surface area contributed by atoms with E-state index < -0.39 is 34.1 Å². The van der Waals surface area contributed by atoms with Gasteiger partial charge in [-0.3, -0.25) is 9.59 Å². The quantitative estimate of drug-likeness (QED) is 0.712. The van der Waals surface area contributed by atoms with Gasteiger partial charge in [-0.05, 0) is 56.3 Å². The number of fused-ring (bicyclic) bond motifs is 5. The highest BCUT2D eigenvalue weighted by atomic mass is 19.1. The molecule has 0 unspecified atom stereocenters. The predicted octanol–water partition coefficient (Wildman–Crippen LogP) is 3.23. The molecular formula is C23H29FO4. The normalized spacial score (nSPS) is 49.9. The van der Waals surface area contributed by atoms with Crippen LogP contribution in [0.1, 0.15) is 52.9 Å². The van der Waals surface area contributed by atoms with Crippen molar-refractivity contribution in [1.29, 1.82) is 0 Å². The lowest BCUT2D eigenvalue weighted by atomic mass is 9.44. The molecule has 4 aliphatic rings. The van der Waals surface area contributed by atoms with Crippen molar-refractivity contribution in [3.05, 3.63) is 36.0 Å². The molecular weight excluding hydrogens is 359 g/mol. The fourth-order valence-electron chi connectivity index (χ4n) is 6.94. The molecule has 0 saturated heterocycles. The molecule has 0 aliphatic heterocycles. The number of ketones is 2. The summed E-state index contributed by atoms with van der Waals surface area (Å²) in [6.45, 7) is 9.26. The van der Waals surface area contributed by atoms with Gasteiger partial charge in [-0.2, -0.15) is 0 Å². The first-order chi connectivity index (χ1) is 13.0. The van der Waals surface area contributed by atoms with Gasteiger partial charge < -0.3 is 10.2 Å². The number of alkyl halides is 1. The Labute approximate surface area is 165 Å². The van der Waals surface area contributed by atoms with Crippen LogP contribution in [0.2, 0.25) is 0 Å². The number of aliphatic hydroxyl groups excluding tert-OH is 1. The summed E-state index contributed by atoms with van der Waals surface area (Å²) in [5.41, 5.74) is -4.56. The van der Waals surface area contributed by atoms with E-state index in [1.807, 2.05) is 0 Å². The van der Waals surface area contributed by atoms with E-state index >= 15 is 4.39 Å². The standard InChI is InChI=1S/C23H29FO4/c1-5-18(26)23(28)13(2)10-17-16-7-6-14-11-15(25)8-9-20(14,3)22(16,24)19(27)12-21(17,23)4/h8-9,11,16-17,19,27-28H,2,5-7,10,12H2,1,3-4H3/t16-,17-,19-,20-,21-,22-,23-/m0/s1. The first-order valence-electron chi connectivity index (χ1n) is 10.2. The number of allylic oxidation sites excluding steroid dienone is 4. The number of aliphatic hydroxyl groups is 2. The summed E-state index contributed by atoms with van der Waals surface area (Å²) in [7, 11) is 0. The zero-order chi connectivity index (χ0) is 20.7. The number of carbonyl (C=O) groups is 2. The van der Waals surface area contributed by atoms with Gasteiger partial charge in [-0.25, -0.2) is 4.39 Å². The second-order valence-corrected chi connectivity index (χ2v) is 9.56. The molecule has 4 rings (SSSR count). The number of halogens is 1. The highest BCUT2D eigenvalue weighted by molar-refractivity contribution is 6.01. The highest BCUT2D eigenvalue weighted by Gasteiger charge is 2.74. The fourth-order valence-corrected chi connectivity index (χ4v) is 6.94. The summed E-state index contributed by atoms with van der Waals surface area (Å²) >= 11 is 0. The maximum Gasteiger partial charge on any atom is 0.178 e. The van der Waals surface area contributed by atoms with Gasteiger partial charge in [0.15, 0.2) is 17.2 Å². The molecule has 28 heavy (non-hydrogen) atoms. The van der Waals surface area contributed by atoms with Gasteiger partial charge in [0.25, 0.3) is 0 Å². The molecule has 0 bridgehead atoms. The van der Waals surface area contributed by atoms with Crippen molar-refractivity contribution in [2.75, 3.05) is 0 Å². The Morgan fingerprint density at radius 3 is 2.68 bits per heavy atom. The maximum atomic E-state index is 16.9. The predicted molar refractivity (Wildman–Crippen MR) is 103 cm³/mol. The van der Waals surface area contributed by atoms with Crippen LogP contribution >= 0.6 is 0 Å². The van der Waals surface area contributed by atoms with Gasteiger partial charge in [0.1, 0.15) is 5.60 Å². The first-order valence-corrected chi connectivity index (χ1v) is 10.2. The largest absolute Gasteiger partial charge is 0.390 e. The van der Waals surface area contributed by atoms with Gasteiger partial charge in [-0.1, -0.05) is 32.1 Å². The fraction of sp³-hybridized carbons (Fsp3) is 0.652.